The maximum Gasteiger partial charge on any atom is 0.141 e. The van der Waals surface area contributed by atoms with E-state index < -0.39 is 0 Å². The van der Waals surface area contributed by atoms with Crippen molar-refractivity contribution >= 4 is 22.5 Å². The van der Waals surface area contributed by atoms with Gasteiger partial charge in [-0.25, -0.2) is 0 Å². The van der Waals surface area contributed by atoms with E-state index in [4.69, 9.17) is 16.1 Å². The molecule has 5 rings (SSSR count). The molecule has 0 amide bonds. The van der Waals surface area contributed by atoms with Crippen LogP contribution in [-0.4, -0.2) is 19.5 Å². The third-order valence-corrected chi connectivity index (χ3v) is 5.89. The summed E-state index contributed by atoms with van der Waals surface area (Å²) in [6, 6.07) is 14.5. The van der Waals surface area contributed by atoms with Crippen LogP contribution >= 0.6 is 11.6 Å². The van der Waals surface area contributed by atoms with Crippen molar-refractivity contribution in [1.29, 1.82) is 0 Å². The highest BCUT2D eigenvalue weighted by molar-refractivity contribution is 6.31. The van der Waals surface area contributed by atoms with Gasteiger partial charge in [-0.1, -0.05) is 47.1 Å². The molecule has 6 heteroatoms. The van der Waals surface area contributed by atoms with Crippen molar-refractivity contribution in [3.05, 3.63) is 83.1 Å². The summed E-state index contributed by atoms with van der Waals surface area (Å²) in [4.78, 5) is 0. The molecule has 0 bridgehead atoms. The van der Waals surface area contributed by atoms with Gasteiger partial charge in [-0.2, -0.15) is 5.10 Å². The van der Waals surface area contributed by atoms with Gasteiger partial charge in [0.05, 0.1) is 11.9 Å². The molecule has 0 N–H and O–H groups in total. The normalized spacial score (nSPS) is 11.5. The molecule has 3 heterocycles. The average Bonchev–Trinajstić information content (AvgIpc) is 3.41. The van der Waals surface area contributed by atoms with Gasteiger partial charge in [-0.15, -0.1) is 0 Å². The number of halogens is 1. The minimum atomic E-state index is 0.682. The molecule has 0 unspecified atom stereocenters. The summed E-state index contributed by atoms with van der Waals surface area (Å²) >= 11 is 6.46. The van der Waals surface area contributed by atoms with Crippen molar-refractivity contribution in [2.24, 2.45) is 7.05 Å². The van der Waals surface area contributed by atoms with E-state index >= 15 is 0 Å². The van der Waals surface area contributed by atoms with Crippen LogP contribution in [0.2, 0.25) is 5.02 Å². The van der Waals surface area contributed by atoms with Gasteiger partial charge in [0.2, 0.25) is 0 Å². The van der Waals surface area contributed by atoms with Crippen molar-refractivity contribution in [1.82, 2.24) is 19.5 Å². The van der Waals surface area contributed by atoms with E-state index in [-0.39, 0.29) is 0 Å². The molecule has 3 aromatic heterocycles. The van der Waals surface area contributed by atoms with E-state index in [1.807, 2.05) is 56.2 Å². The molecule has 30 heavy (non-hydrogen) atoms. The number of hydrogen-bond donors (Lipinski definition) is 0. The van der Waals surface area contributed by atoms with Crippen LogP contribution in [0, 0.1) is 13.8 Å². The largest absolute Gasteiger partial charge is 0.361 e. The Hall–Kier alpha value is -3.31. The second-order valence-corrected chi connectivity index (χ2v) is 8.00. The van der Waals surface area contributed by atoms with E-state index in [2.05, 4.69) is 45.3 Å². The van der Waals surface area contributed by atoms with Crippen molar-refractivity contribution in [3.8, 4) is 22.3 Å². The van der Waals surface area contributed by atoms with Crippen LogP contribution in [0.25, 0.3) is 33.2 Å². The molecule has 0 fully saturated rings. The third kappa shape index (κ3) is 3.12. The van der Waals surface area contributed by atoms with Gasteiger partial charge < -0.3 is 9.09 Å². The van der Waals surface area contributed by atoms with Crippen molar-refractivity contribution in [3.63, 3.8) is 0 Å². The lowest BCUT2D eigenvalue weighted by Crippen LogP contribution is -1.98. The van der Waals surface area contributed by atoms with Gasteiger partial charge in [0.1, 0.15) is 5.76 Å². The first kappa shape index (κ1) is 18.7. The Kier molecular flexibility index (Phi) is 4.48. The van der Waals surface area contributed by atoms with Gasteiger partial charge in [-0.3, -0.25) is 4.68 Å². The molecule has 2 aromatic carbocycles. The van der Waals surface area contributed by atoms with Gasteiger partial charge >= 0.3 is 0 Å². The van der Waals surface area contributed by atoms with E-state index in [0.717, 1.165) is 49.8 Å². The minimum absolute atomic E-state index is 0.682. The SMILES string of the molecule is Cc1noc(C)c1-c1ccc2c(-c3cnn(C)c3)cn(Cc3ccccc3Cl)c2c1. The summed E-state index contributed by atoms with van der Waals surface area (Å²) in [7, 11) is 1.93. The van der Waals surface area contributed by atoms with Crippen LogP contribution in [0.15, 0.2) is 65.6 Å². The first-order valence-corrected chi connectivity index (χ1v) is 10.2. The topological polar surface area (TPSA) is 48.8 Å². The Balaban J connectivity index is 1.72. The molecule has 150 valence electrons. The van der Waals surface area contributed by atoms with Crippen LogP contribution in [-0.2, 0) is 13.6 Å². The number of benzene rings is 2. The van der Waals surface area contributed by atoms with E-state index in [1.165, 1.54) is 5.39 Å². The Bertz CT molecular complexity index is 1360. The number of fused-ring (bicyclic) bond motifs is 1. The van der Waals surface area contributed by atoms with Gasteiger partial charge in [0.15, 0.2) is 0 Å². The van der Waals surface area contributed by atoms with Crippen LogP contribution < -0.4 is 0 Å². The molecule has 0 radical (unpaired) electrons. The molecular weight excluding hydrogens is 396 g/mol. The Morgan fingerprint density at radius 1 is 1.03 bits per heavy atom. The third-order valence-electron chi connectivity index (χ3n) is 5.52. The fraction of sp³-hybridized carbons (Fsp3) is 0.167. The molecule has 0 aliphatic rings. The summed E-state index contributed by atoms with van der Waals surface area (Å²) in [5.41, 5.74) is 7.48. The predicted octanol–water partition coefficient (Wildman–Crippen LogP) is 6.02. The standard InChI is InChI=1S/C24H21ClN4O/c1-15-24(16(2)30-27-15)17-8-9-20-21(19-11-26-28(3)12-19)14-29(23(20)10-17)13-18-6-4-5-7-22(18)25/h4-12,14H,13H2,1-3H3. The van der Waals surface area contributed by atoms with E-state index in [1.54, 1.807) is 0 Å². The van der Waals surface area contributed by atoms with Gasteiger partial charge in [0.25, 0.3) is 0 Å². The van der Waals surface area contributed by atoms with Crippen molar-refractivity contribution < 1.29 is 4.52 Å². The molecule has 0 atom stereocenters. The van der Waals surface area contributed by atoms with Gasteiger partial charge in [-0.05, 0) is 37.1 Å². The lowest BCUT2D eigenvalue weighted by Gasteiger charge is -2.09. The molecule has 0 spiro atoms. The van der Waals surface area contributed by atoms with E-state index in [0.29, 0.717) is 6.54 Å². The van der Waals surface area contributed by atoms with Gasteiger partial charge in [0, 0.05) is 58.6 Å². The quantitative estimate of drug-likeness (QED) is 0.360. The Labute approximate surface area is 179 Å². The summed E-state index contributed by atoms with van der Waals surface area (Å²) in [6.45, 7) is 4.60. The highest BCUT2D eigenvalue weighted by Crippen LogP contribution is 2.36. The fourth-order valence-corrected chi connectivity index (χ4v) is 4.27. The Morgan fingerprint density at radius 2 is 1.87 bits per heavy atom. The zero-order valence-corrected chi connectivity index (χ0v) is 17.8. The van der Waals surface area contributed by atoms with E-state index in [9.17, 15) is 0 Å². The molecular formula is C24H21ClN4O. The molecule has 5 aromatic rings. The first-order chi connectivity index (χ1) is 14.5. The highest BCUT2D eigenvalue weighted by atomic mass is 35.5. The molecule has 0 aliphatic heterocycles. The monoisotopic (exact) mass is 416 g/mol. The van der Waals surface area contributed by atoms with Crippen molar-refractivity contribution in [2.75, 3.05) is 0 Å². The summed E-state index contributed by atoms with van der Waals surface area (Å²) < 4.78 is 9.47. The summed E-state index contributed by atoms with van der Waals surface area (Å²) in [6.07, 6.45) is 6.12. The number of rotatable bonds is 4. The number of hydrogen-bond acceptors (Lipinski definition) is 3. The minimum Gasteiger partial charge on any atom is -0.361 e. The fourth-order valence-electron chi connectivity index (χ4n) is 4.07. The maximum atomic E-state index is 6.46. The maximum absolute atomic E-state index is 6.46. The summed E-state index contributed by atoms with van der Waals surface area (Å²) in [5.74, 6) is 0.823. The number of aryl methyl sites for hydroxylation is 3. The lowest BCUT2D eigenvalue weighted by molar-refractivity contribution is 0.393. The zero-order chi connectivity index (χ0) is 20.8. The average molecular weight is 417 g/mol. The molecule has 5 nitrogen and oxygen atoms in total. The van der Waals surface area contributed by atoms with Crippen LogP contribution in [0.5, 0.6) is 0 Å². The van der Waals surface area contributed by atoms with Crippen LogP contribution in [0.1, 0.15) is 17.0 Å². The smallest absolute Gasteiger partial charge is 0.141 e. The van der Waals surface area contributed by atoms with Crippen LogP contribution in [0.4, 0.5) is 0 Å². The Morgan fingerprint density at radius 3 is 2.57 bits per heavy atom. The zero-order valence-electron chi connectivity index (χ0n) is 17.1. The molecule has 0 aliphatic carbocycles. The number of aromatic nitrogens is 4. The molecule has 0 saturated carbocycles. The summed E-state index contributed by atoms with van der Waals surface area (Å²) in [5, 5.41) is 10.4. The second kappa shape index (κ2) is 7.18. The second-order valence-electron chi connectivity index (χ2n) is 7.60. The predicted molar refractivity (Wildman–Crippen MR) is 120 cm³/mol. The van der Waals surface area contributed by atoms with Crippen molar-refractivity contribution in [2.45, 2.75) is 20.4 Å². The first-order valence-electron chi connectivity index (χ1n) is 9.80. The lowest BCUT2D eigenvalue weighted by atomic mass is 10.0. The highest BCUT2D eigenvalue weighted by Gasteiger charge is 2.17. The number of nitrogens with zero attached hydrogens (tertiary/aromatic N) is 4. The van der Waals surface area contributed by atoms with Crippen LogP contribution in [0.3, 0.4) is 0 Å². The molecule has 0 saturated heterocycles.